The number of aryl methyl sites for hydroxylation is 1. The Labute approximate surface area is 147 Å². The van der Waals surface area contributed by atoms with Crippen LogP contribution in [0.2, 0.25) is 0 Å². The van der Waals surface area contributed by atoms with Crippen molar-refractivity contribution in [1.82, 2.24) is 15.1 Å². The Morgan fingerprint density at radius 1 is 1.16 bits per heavy atom. The summed E-state index contributed by atoms with van der Waals surface area (Å²) in [6.45, 7) is 3.67. The fourth-order valence-electron chi connectivity index (χ4n) is 3.45. The van der Waals surface area contributed by atoms with Crippen molar-refractivity contribution in [1.29, 1.82) is 0 Å². The highest BCUT2D eigenvalue weighted by Crippen LogP contribution is 2.22. The molecule has 3 rings (SSSR count). The highest BCUT2D eigenvalue weighted by molar-refractivity contribution is 5.97. The van der Waals surface area contributed by atoms with Gasteiger partial charge in [0.05, 0.1) is 0 Å². The van der Waals surface area contributed by atoms with E-state index in [1.807, 2.05) is 31.2 Å². The molecule has 0 spiro atoms. The Balaban J connectivity index is 1.63. The second-order valence-electron chi connectivity index (χ2n) is 6.55. The number of benzene rings is 1. The molecular formula is C18H24N4O3. The standard InChI is InChI=1S/C18H24N4O3/c1-13-5-7-14(8-6-13)21-11-10-20(18(21)25)12-16(23)22-9-3-4-15(22)17(24)19-2/h5-8,15H,3-4,9-12H2,1-2H3,(H,19,24). The third-order valence-corrected chi connectivity index (χ3v) is 4.89. The molecule has 0 aliphatic carbocycles. The highest BCUT2D eigenvalue weighted by atomic mass is 16.2. The first-order valence-corrected chi connectivity index (χ1v) is 8.65. The molecular weight excluding hydrogens is 320 g/mol. The molecule has 0 bridgehead atoms. The van der Waals surface area contributed by atoms with E-state index in [2.05, 4.69) is 5.32 Å². The fraction of sp³-hybridized carbons (Fsp3) is 0.500. The molecule has 4 amide bonds. The van der Waals surface area contributed by atoms with Gasteiger partial charge in [-0.1, -0.05) is 17.7 Å². The zero-order chi connectivity index (χ0) is 18.0. The topological polar surface area (TPSA) is 73.0 Å². The van der Waals surface area contributed by atoms with Crippen molar-refractivity contribution >= 4 is 23.5 Å². The van der Waals surface area contributed by atoms with E-state index in [1.54, 1.807) is 21.7 Å². The summed E-state index contributed by atoms with van der Waals surface area (Å²) in [6, 6.07) is 7.20. The lowest BCUT2D eigenvalue weighted by molar-refractivity contribution is -0.138. The summed E-state index contributed by atoms with van der Waals surface area (Å²) in [7, 11) is 1.58. The Morgan fingerprint density at radius 2 is 1.88 bits per heavy atom. The van der Waals surface area contributed by atoms with Gasteiger partial charge in [0, 0.05) is 32.4 Å². The van der Waals surface area contributed by atoms with Gasteiger partial charge in [0.2, 0.25) is 11.8 Å². The summed E-state index contributed by atoms with van der Waals surface area (Å²) < 4.78 is 0. The zero-order valence-corrected chi connectivity index (χ0v) is 14.7. The van der Waals surface area contributed by atoms with Gasteiger partial charge in [-0.2, -0.15) is 0 Å². The minimum atomic E-state index is -0.414. The molecule has 2 aliphatic heterocycles. The van der Waals surface area contributed by atoms with Crippen LogP contribution in [0.1, 0.15) is 18.4 Å². The summed E-state index contributed by atoms with van der Waals surface area (Å²) in [6.07, 6.45) is 1.49. The average molecular weight is 344 g/mol. The van der Waals surface area contributed by atoms with Crippen LogP contribution in [0.15, 0.2) is 24.3 Å². The van der Waals surface area contributed by atoms with E-state index in [0.717, 1.165) is 17.7 Å². The number of carbonyl (C=O) groups excluding carboxylic acids is 3. The lowest BCUT2D eigenvalue weighted by atomic mass is 10.2. The van der Waals surface area contributed by atoms with Crippen molar-refractivity contribution in [2.75, 3.05) is 38.1 Å². The van der Waals surface area contributed by atoms with Crippen LogP contribution in [0.25, 0.3) is 0 Å². The van der Waals surface area contributed by atoms with E-state index in [1.165, 1.54) is 0 Å². The smallest absolute Gasteiger partial charge is 0.325 e. The van der Waals surface area contributed by atoms with Crippen LogP contribution in [0.4, 0.5) is 10.5 Å². The van der Waals surface area contributed by atoms with Crippen LogP contribution in [0.3, 0.4) is 0 Å². The van der Waals surface area contributed by atoms with E-state index in [-0.39, 0.29) is 24.4 Å². The third-order valence-electron chi connectivity index (χ3n) is 4.89. The van der Waals surface area contributed by atoms with E-state index in [0.29, 0.717) is 26.1 Å². The number of rotatable bonds is 4. The number of likely N-dealkylation sites (tertiary alicyclic amines) is 1. The molecule has 2 aliphatic rings. The number of nitrogens with zero attached hydrogens (tertiary/aromatic N) is 3. The summed E-state index contributed by atoms with van der Waals surface area (Å²) in [4.78, 5) is 42.0. The molecule has 1 unspecified atom stereocenters. The summed E-state index contributed by atoms with van der Waals surface area (Å²) in [5.41, 5.74) is 1.98. The highest BCUT2D eigenvalue weighted by Gasteiger charge is 2.37. The molecule has 0 aromatic heterocycles. The molecule has 1 N–H and O–H groups in total. The number of hydrogen-bond acceptors (Lipinski definition) is 3. The maximum atomic E-state index is 12.6. The molecule has 2 saturated heterocycles. The number of carbonyl (C=O) groups is 3. The molecule has 2 fully saturated rings. The van der Waals surface area contributed by atoms with Crippen LogP contribution in [0.5, 0.6) is 0 Å². The van der Waals surface area contributed by atoms with Gasteiger partial charge in [-0.25, -0.2) is 4.79 Å². The van der Waals surface area contributed by atoms with Gasteiger partial charge in [0.25, 0.3) is 0 Å². The molecule has 1 aromatic carbocycles. The van der Waals surface area contributed by atoms with E-state index >= 15 is 0 Å². The third kappa shape index (κ3) is 3.45. The van der Waals surface area contributed by atoms with Gasteiger partial charge in [-0.3, -0.25) is 14.5 Å². The van der Waals surface area contributed by atoms with Crippen LogP contribution in [-0.2, 0) is 9.59 Å². The number of likely N-dealkylation sites (N-methyl/N-ethyl adjacent to an activating group) is 1. The van der Waals surface area contributed by atoms with Gasteiger partial charge < -0.3 is 15.1 Å². The molecule has 0 saturated carbocycles. The van der Waals surface area contributed by atoms with Crippen LogP contribution in [-0.4, -0.2) is 66.9 Å². The SMILES string of the molecule is CNC(=O)C1CCCN1C(=O)CN1CCN(c2ccc(C)cc2)C1=O. The summed E-state index contributed by atoms with van der Waals surface area (Å²) in [5, 5.41) is 2.61. The van der Waals surface area contributed by atoms with Gasteiger partial charge in [-0.15, -0.1) is 0 Å². The monoisotopic (exact) mass is 344 g/mol. The Morgan fingerprint density at radius 3 is 2.56 bits per heavy atom. The first kappa shape index (κ1) is 17.3. The van der Waals surface area contributed by atoms with Gasteiger partial charge in [0.1, 0.15) is 12.6 Å². The minimum Gasteiger partial charge on any atom is -0.357 e. The Kier molecular flexibility index (Phi) is 4.92. The maximum Gasteiger partial charge on any atom is 0.325 e. The first-order valence-electron chi connectivity index (χ1n) is 8.65. The molecule has 2 heterocycles. The number of nitrogens with one attached hydrogen (secondary N) is 1. The summed E-state index contributed by atoms with van der Waals surface area (Å²) >= 11 is 0. The van der Waals surface area contributed by atoms with Crippen molar-refractivity contribution in [3.63, 3.8) is 0 Å². The van der Waals surface area contributed by atoms with Gasteiger partial charge in [-0.05, 0) is 31.9 Å². The van der Waals surface area contributed by atoms with Crippen LogP contribution < -0.4 is 10.2 Å². The minimum absolute atomic E-state index is 0.0225. The largest absolute Gasteiger partial charge is 0.357 e. The lowest BCUT2D eigenvalue weighted by Crippen LogP contribution is -2.48. The lowest BCUT2D eigenvalue weighted by Gasteiger charge is -2.26. The maximum absolute atomic E-state index is 12.6. The predicted octanol–water partition coefficient (Wildman–Crippen LogP) is 0.974. The van der Waals surface area contributed by atoms with E-state index < -0.39 is 6.04 Å². The molecule has 25 heavy (non-hydrogen) atoms. The van der Waals surface area contributed by atoms with Crippen molar-refractivity contribution in [2.24, 2.45) is 0 Å². The van der Waals surface area contributed by atoms with Crippen molar-refractivity contribution in [3.8, 4) is 0 Å². The molecule has 0 radical (unpaired) electrons. The van der Waals surface area contributed by atoms with Crippen LogP contribution >= 0.6 is 0 Å². The van der Waals surface area contributed by atoms with E-state index in [9.17, 15) is 14.4 Å². The van der Waals surface area contributed by atoms with Crippen molar-refractivity contribution < 1.29 is 14.4 Å². The Hall–Kier alpha value is -2.57. The second-order valence-corrected chi connectivity index (χ2v) is 6.55. The number of amides is 4. The molecule has 7 nitrogen and oxygen atoms in total. The zero-order valence-electron chi connectivity index (χ0n) is 14.7. The summed E-state index contributed by atoms with van der Waals surface area (Å²) in [5.74, 6) is -0.301. The Bertz CT molecular complexity index is 673. The normalized spacial score (nSPS) is 20.3. The molecule has 134 valence electrons. The number of hydrogen-bond donors (Lipinski definition) is 1. The quantitative estimate of drug-likeness (QED) is 0.885. The van der Waals surface area contributed by atoms with Crippen molar-refractivity contribution in [3.05, 3.63) is 29.8 Å². The van der Waals surface area contributed by atoms with Gasteiger partial charge in [0.15, 0.2) is 0 Å². The van der Waals surface area contributed by atoms with Gasteiger partial charge >= 0.3 is 6.03 Å². The number of anilines is 1. The van der Waals surface area contributed by atoms with Crippen LogP contribution in [0, 0.1) is 6.92 Å². The van der Waals surface area contributed by atoms with E-state index in [4.69, 9.17) is 0 Å². The molecule has 1 aromatic rings. The number of urea groups is 1. The first-order chi connectivity index (χ1) is 12.0. The second kappa shape index (κ2) is 7.13. The molecule has 7 heteroatoms. The van der Waals surface area contributed by atoms with Crippen molar-refractivity contribution in [2.45, 2.75) is 25.8 Å². The average Bonchev–Trinajstić information content (AvgIpc) is 3.23. The predicted molar refractivity (Wildman–Crippen MR) is 94.3 cm³/mol. The molecule has 1 atom stereocenters. The fourth-order valence-corrected chi connectivity index (χ4v) is 3.45.